The maximum absolute atomic E-state index is 5.81. The molecule has 0 radical (unpaired) electrons. The monoisotopic (exact) mass is 345 g/mol. The molecule has 4 aromatic rings. The van der Waals surface area contributed by atoms with E-state index in [4.69, 9.17) is 10.5 Å². The van der Waals surface area contributed by atoms with Crippen molar-refractivity contribution in [3.8, 4) is 11.5 Å². The summed E-state index contributed by atoms with van der Waals surface area (Å²) >= 11 is 0. The first kappa shape index (κ1) is 17.5. The maximum Gasteiger partial charge on any atom is 0.127 e. The number of aromatic nitrogens is 2. The molecule has 0 atom stereocenters. The van der Waals surface area contributed by atoms with Gasteiger partial charge in [0.15, 0.2) is 0 Å². The van der Waals surface area contributed by atoms with Gasteiger partial charge in [-0.05, 0) is 48.0 Å². The molecule has 0 aliphatic rings. The lowest BCUT2D eigenvalue weighted by Crippen LogP contribution is -1.91. The molecule has 4 rings (SSSR count). The van der Waals surface area contributed by atoms with Gasteiger partial charge in [0.05, 0.1) is 11.0 Å². The minimum absolute atomic E-state index is 0.736. The number of hydrogen-bond acceptors (Lipinski definition) is 3. The standard InChI is InChI=1S/C20H17N3O.C2H6/c21-15-8-11-18-19(13-15)23-20(22-18)12-14-6-9-17(10-7-14)24-16-4-2-1-3-5-16;1-2/h1-11,13H,12,21H2,(H,22,23);1-2H3. The Hall–Kier alpha value is -3.27. The molecular formula is C22H23N3O. The zero-order valence-electron chi connectivity index (χ0n) is 15.1. The average molecular weight is 345 g/mol. The van der Waals surface area contributed by atoms with Crippen LogP contribution < -0.4 is 10.5 Å². The third-order valence-electron chi connectivity index (χ3n) is 3.83. The van der Waals surface area contributed by atoms with Crippen LogP contribution in [0.4, 0.5) is 5.69 Å². The largest absolute Gasteiger partial charge is 0.457 e. The number of para-hydroxylation sites is 1. The van der Waals surface area contributed by atoms with E-state index < -0.39 is 0 Å². The first-order chi connectivity index (χ1) is 12.8. The highest BCUT2D eigenvalue weighted by atomic mass is 16.5. The summed E-state index contributed by atoms with van der Waals surface area (Å²) in [5.41, 5.74) is 9.61. The molecule has 0 amide bonds. The molecule has 0 saturated carbocycles. The molecule has 0 unspecified atom stereocenters. The van der Waals surface area contributed by atoms with Gasteiger partial charge in [-0.2, -0.15) is 0 Å². The number of hydrogen-bond donors (Lipinski definition) is 2. The van der Waals surface area contributed by atoms with E-state index in [0.29, 0.717) is 0 Å². The van der Waals surface area contributed by atoms with Crippen molar-refractivity contribution in [1.29, 1.82) is 0 Å². The minimum Gasteiger partial charge on any atom is -0.457 e. The van der Waals surface area contributed by atoms with E-state index in [1.165, 1.54) is 5.56 Å². The number of imidazole rings is 1. The third kappa shape index (κ3) is 4.22. The third-order valence-corrected chi connectivity index (χ3v) is 3.83. The van der Waals surface area contributed by atoms with Crippen LogP contribution in [0.25, 0.3) is 11.0 Å². The van der Waals surface area contributed by atoms with Crippen molar-refractivity contribution in [1.82, 2.24) is 9.97 Å². The van der Waals surface area contributed by atoms with E-state index in [-0.39, 0.29) is 0 Å². The Morgan fingerprint density at radius 3 is 2.31 bits per heavy atom. The van der Waals surface area contributed by atoms with E-state index in [1.807, 2.05) is 74.5 Å². The quantitative estimate of drug-likeness (QED) is 0.476. The summed E-state index contributed by atoms with van der Waals surface area (Å²) in [7, 11) is 0. The first-order valence-electron chi connectivity index (χ1n) is 8.82. The summed E-state index contributed by atoms with van der Waals surface area (Å²) in [6.07, 6.45) is 0.736. The zero-order chi connectivity index (χ0) is 18.4. The molecule has 1 heterocycles. The van der Waals surface area contributed by atoms with Gasteiger partial charge in [0, 0.05) is 12.1 Å². The predicted molar refractivity (Wildman–Crippen MR) is 108 cm³/mol. The maximum atomic E-state index is 5.81. The van der Waals surface area contributed by atoms with E-state index in [0.717, 1.165) is 40.5 Å². The second-order valence-corrected chi connectivity index (χ2v) is 5.70. The Balaban J connectivity index is 0.000000948. The summed E-state index contributed by atoms with van der Waals surface area (Å²) in [6, 6.07) is 23.5. The summed E-state index contributed by atoms with van der Waals surface area (Å²) < 4.78 is 5.81. The number of nitrogens with two attached hydrogens (primary N) is 1. The summed E-state index contributed by atoms with van der Waals surface area (Å²) in [6.45, 7) is 4.00. The fourth-order valence-corrected chi connectivity index (χ4v) is 2.66. The summed E-state index contributed by atoms with van der Waals surface area (Å²) in [4.78, 5) is 7.91. The van der Waals surface area contributed by atoms with Crippen LogP contribution in [-0.2, 0) is 6.42 Å². The Morgan fingerprint density at radius 2 is 1.58 bits per heavy atom. The van der Waals surface area contributed by atoms with Crippen LogP contribution >= 0.6 is 0 Å². The van der Waals surface area contributed by atoms with Crippen LogP contribution in [-0.4, -0.2) is 9.97 Å². The van der Waals surface area contributed by atoms with Crippen molar-refractivity contribution < 1.29 is 4.74 Å². The van der Waals surface area contributed by atoms with Gasteiger partial charge in [-0.25, -0.2) is 4.98 Å². The number of fused-ring (bicyclic) bond motifs is 1. The van der Waals surface area contributed by atoms with Gasteiger partial charge in [-0.1, -0.05) is 44.2 Å². The molecule has 0 bridgehead atoms. The van der Waals surface area contributed by atoms with Gasteiger partial charge < -0.3 is 15.5 Å². The van der Waals surface area contributed by atoms with Gasteiger partial charge in [-0.15, -0.1) is 0 Å². The predicted octanol–water partition coefficient (Wildman–Crippen LogP) is 5.55. The molecule has 3 aromatic carbocycles. The number of H-pyrrole nitrogens is 1. The highest BCUT2D eigenvalue weighted by Gasteiger charge is 2.05. The molecule has 1 aromatic heterocycles. The fraction of sp³-hybridized carbons (Fsp3) is 0.136. The second kappa shape index (κ2) is 8.21. The normalized spacial score (nSPS) is 10.2. The van der Waals surface area contributed by atoms with Gasteiger partial charge >= 0.3 is 0 Å². The van der Waals surface area contributed by atoms with Crippen molar-refractivity contribution in [2.75, 3.05) is 5.73 Å². The molecule has 0 saturated heterocycles. The van der Waals surface area contributed by atoms with E-state index in [2.05, 4.69) is 22.1 Å². The van der Waals surface area contributed by atoms with E-state index in [9.17, 15) is 0 Å². The van der Waals surface area contributed by atoms with Crippen molar-refractivity contribution in [2.45, 2.75) is 20.3 Å². The number of nitrogen functional groups attached to an aromatic ring is 1. The van der Waals surface area contributed by atoms with Gasteiger partial charge in [0.25, 0.3) is 0 Å². The van der Waals surface area contributed by atoms with Crippen LogP contribution in [0, 0.1) is 0 Å². The van der Waals surface area contributed by atoms with Crippen molar-refractivity contribution >= 4 is 16.7 Å². The highest BCUT2D eigenvalue weighted by Crippen LogP contribution is 2.22. The number of rotatable bonds is 4. The van der Waals surface area contributed by atoms with Gasteiger partial charge in [-0.3, -0.25) is 0 Å². The van der Waals surface area contributed by atoms with Crippen molar-refractivity contribution in [3.63, 3.8) is 0 Å². The molecule has 0 fully saturated rings. The summed E-state index contributed by atoms with van der Waals surface area (Å²) in [5.74, 6) is 2.58. The average Bonchev–Trinajstić information content (AvgIpc) is 3.07. The number of nitrogens with one attached hydrogen (secondary N) is 1. The Morgan fingerprint density at radius 1 is 0.885 bits per heavy atom. The number of anilines is 1. The molecule has 26 heavy (non-hydrogen) atoms. The van der Waals surface area contributed by atoms with Crippen LogP contribution in [0.1, 0.15) is 25.2 Å². The highest BCUT2D eigenvalue weighted by molar-refractivity contribution is 5.78. The van der Waals surface area contributed by atoms with Gasteiger partial charge in [0.2, 0.25) is 0 Å². The van der Waals surface area contributed by atoms with Crippen LogP contribution in [0.2, 0.25) is 0 Å². The molecule has 4 heteroatoms. The molecule has 0 aliphatic carbocycles. The summed E-state index contributed by atoms with van der Waals surface area (Å²) in [5, 5.41) is 0. The molecule has 3 N–H and O–H groups in total. The lowest BCUT2D eigenvalue weighted by Gasteiger charge is -2.06. The van der Waals surface area contributed by atoms with Crippen LogP contribution in [0.5, 0.6) is 11.5 Å². The second-order valence-electron chi connectivity index (χ2n) is 5.70. The first-order valence-corrected chi connectivity index (χ1v) is 8.82. The Kier molecular flexibility index (Phi) is 5.54. The Labute approximate surface area is 153 Å². The molecule has 0 aliphatic heterocycles. The lowest BCUT2D eigenvalue weighted by molar-refractivity contribution is 0.482. The fourth-order valence-electron chi connectivity index (χ4n) is 2.66. The van der Waals surface area contributed by atoms with Crippen LogP contribution in [0.3, 0.4) is 0 Å². The zero-order valence-corrected chi connectivity index (χ0v) is 15.1. The minimum atomic E-state index is 0.736. The van der Waals surface area contributed by atoms with Crippen LogP contribution in [0.15, 0.2) is 72.8 Å². The van der Waals surface area contributed by atoms with Crippen molar-refractivity contribution in [3.05, 3.63) is 84.2 Å². The van der Waals surface area contributed by atoms with Crippen molar-refractivity contribution in [2.24, 2.45) is 0 Å². The van der Waals surface area contributed by atoms with E-state index in [1.54, 1.807) is 0 Å². The molecular weight excluding hydrogens is 322 g/mol. The molecule has 0 spiro atoms. The van der Waals surface area contributed by atoms with E-state index >= 15 is 0 Å². The number of benzene rings is 3. The van der Waals surface area contributed by atoms with Gasteiger partial charge in [0.1, 0.15) is 17.3 Å². The Bertz CT molecular complexity index is 960. The molecule has 132 valence electrons. The lowest BCUT2D eigenvalue weighted by atomic mass is 10.1. The topological polar surface area (TPSA) is 63.9 Å². The SMILES string of the molecule is CC.Nc1ccc2nc(Cc3ccc(Oc4ccccc4)cc3)[nH]c2c1. The smallest absolute Gasteiger partial charge is 0.127 e. The number of ether oxygens (including phenoxy) is 1. The number of aromatic amines is 1. The number of nitrogens with zero attached hydrogens (tertiary/aromatic N) is 1. The molecule has 4 nitrogen and oxygen atoms in total.